The summed E-state index contributed by atoms with van der Waals surface area (Å²) in [4.78, 5) is 10.9. The summed E-state index contributed by atoms with van der Waals surface area (Å²) in [7, 11) is 0.853. The maximum Gasteiger partial charge on any atom is 0.344 e. The number of aliphatic hydroxyl groups is 1. The zero-order valence-electron chi connectivity index (χ0n) is 8.94. The summed E-state index contributed by atoms with van der Waals surface area (Å²) in [5.41, 5.74) is -3.58. The van der Waals surface area contributed by atoms with Gasteiger partial charge in [-0.1, -0.05) is 30.3 Å². The molecule has 0 aliphatic carbocycles. The Morgan fingerprint density at radius 1 is 1.29 bits per heavy atom. The fourth-order valence-corrected chi connectivity index (χ4v) is 1.37. The van der Waals surface area contributed by atoms with Crippen LogP contribution in [0.15, 0.2) is 30.3 Å². The Labute approximate surface area is 95.8 Å². The summed E-state index contributed by atoms with van der Waals surface area (Å²) in [6, 6.07) is 6.45. The lowest BCUT2D eigenvalue weighted by molar-refractivity contribution is -0.180. The van der Waals surface area contributed by atoms with Crippen LogP contribution in [0, 0.1) is 0 Å². The van der Waals surface area contributed by atoms with Gasteiger partial charge in [-0.3, -0.25) is 0 Å². The molecule has 2 unspecified atom stereocenters. The minimum Gasteiger partial charge on any atom is -0.467 e. The molecule has 1 N–H and O–H groups in total. The summed E-state index contributed by atoms with van der Waals surface area (Å²) < 4.78 is 43.2. The molecule has 94 valence electrons. The predicted octanol–water partition coefficient (Wildman–Crippen LogP) is 1.65. The van der Waals surface area contributed by atoms with E-state index in [2.05, 4.69) is 4.74 Å². The molecule has 3 nitrogen and oxygen atoms in total. The van der Waals surface area contributed by atoms with Crippen LogP contribution in [0.4, 0.5) is 13.2 Å². The van der Waals surface area contributed by atoms with Crippen molar-refractivity contribution in [3.8, 4) is 0 Å². The fourth-order valence-electron chi connectivity index (χ4n) is 1.37. The SMILES string of the molecule is COC(=O)C(F)C(O)(c1ccccc1)C(F)F. The van der Waals surface area contributed by atoms with Crippen LogP contribution in [0.1, 0.15) is 5.56 Å². The minimum absolute atomic E-state index is 0.382. The van der Waals surface area contributed by atoms with Crippen LogP contribution in [-0.2, 0) is 15.1 Å². The summed E-state index contributed by atoms with van der Waals surface area (Å²) in [6.45, 7) is 0. The second-order valence-corrected chi connectivity index (χ2v) is 3.38. The second kappa shape index (κ2) is 5.18. The van der Waals surface area contributed by atoms with Crippen LogP contribution in [0.5, 0.6) is 0 Å². The van der Waals surface area contributed by atoms with Crippen molar-refractivity contribution in [2.75, 3.05) is 7.11 Å². The largest absolute Gasteiger partial charge is 0.467 e. The predicted molar refractivity (Wildman–Crippen MR) is 53.3 cm³/mol. The van der Waals surface area contributed by atoms with Gasteiger partial charge in [0.05, 0.1) is 7.11 Å². The Kier molecular flexibility index (Phi) is 4.11. The molecule has 0 heterocycles. The van der Waals surface area contributed by atoms with Crippen LogP contribution in [0.2, 0.25) is 0 Å². The van der Waals surface area contributed by atoms with Gasteiger partial charge in [0.2, 0.25) is 6.17 Å². The van der Waals surface area contributed by atoms with Crippen molar-refractivity contribution in [2.24, 2.45) is 0 Å². The molecule has 0 aromatic heterocycles. The Hall–Kier alpha value is -1.56. The van der Waals surface area contributed by atoms with Crippen molar-refractivity contribution >= 4 is 5.97 Å². The molecule has 0 spiro atoms. The van der Waals surface area contributed by atoms with Gasteiger partial charge < -0.3 is 9.84 Å². The fraction of sp³-hybridized carbons (Fsp3) is 0.364. The topological polar surface area (TPSA) is 46.5 Å². The molecular formula is C11H11F3O3. The third-order valence-corrected chi connectivity index (χ3v) is 2.36. The highest BCUT2D eigenvalue weighted by atomic mass is 19.3. The third-order valence-electron chi connectivity index (χ3n) is 2.36. The molecule has 1 aromatic rings. The lowest BCUT2D eigenvalue weighted by Crippen LogP contribution is -2.48. The number of benzene rings is 1. The molecule has 0 aliphatic rings. The van der Waals surface area contributed by atoms with E-state index in [0.717, 1.165) is 19.2 Å². The van der Waals surface area contributed by atoms with Crippen LogP contribution in [0.25, 0.3) is 0 Å². The van der Waals surface area contributed by atoms with Gasteiger partial charge in [-0.05, 0) is 5.56 Å². The molecule has 6 heteroatoms. The normalized spacial score (nSPS) is 16.4. The van der Waals surface area contributed by atoms with Gasteiger partial charge in [-0.2, -0.15) is 0 Å². The number of rotatable bonds is 4. The molecule has 0 aliphatic heterocycles. The van der Waals surface area contributed by atoms with Crippen molar-refractivity contribution in [3.63, 3.8) is 0 Å². The number of hydrogen-bond acceptors (Lipinski definition) is 3. The molecule has 0 bridgehead atoms. The van der Waals surface area contributed by atoms with E-state index in [9.17, 15) is 23.1 Å². The van der Waals surface area contributed by atoms with Crippen LogP contribution >= 0.6 is 0 Å². The second-order valence-electron chi connectivity index (χ2n) is 3.38. The van der Waals surface area contributed by atoms with E-state index in [4.69, 9.17) is 0 Å². The van der Waals surface area contributed by atoms with Crippen LogP contribution < -0.4 is 0 Å². The summed E-state index contributed by atoms with van der Waals surface area (Å²) in [6.07, 6.45) is -6.31. The average molecular weight is 248 g/mol. The molecule has 0 radical (unpaired) electrons. The number of esters is 1. The van der Waals surface area contributed by atoms with Crippen molar-refractivity contribution < 1.29 is 27.8 Å². The number of carbonyl (C=O) groups is 1. The smallest absolute Gasteiger partial charge is 0.344 e. The highest BCUT2D eigenvalue weighted by Crippen LogP contribution is 2.34. The lowest BCUT2D eigenvalue weighted by atomic mass is 9.89. The molecule has 17 heavy (non-hydrogen) atoms. The average Bonchev–Trinajstić information content (AvgIpc) is 2.36. The van der Waals surface area contributed by atoms with E-state index in [0.29, 0.717) is 0 Å². The lowest BCUT2D eigenvalue weighted by Gasteiger charge is -2.29. The molecule has 0 saturated heterocycles. The van der Waals surface area contributed by atoms with Gasteiger partial charge in [0.1, 0.15) is 0 Å². The quantitative estimate of drug-likeness (QED) is 0.824. The number of alkyl halides is 3. The third kappa shape index (κ3) is 2.41. The Morgan fingerprint density at radius 2 is 1.82 bits per heavy atom. The zero-order valence-corrected chi connectivity index (χ0v) is 8.94. The standard InChI is InChI=1S/C11H11F3O3/c1-17-9(15)8(12)11(16,10(13)14)7-5-3-2-4-6-7/h2-6,8,10,16H,1H3. The summed E-state index contributed by atoms with van der Waals surface area (Å²) in [5, 5.41) is 9.70. The first-order valence-electron chi connectivity index (χ1n) is 4.72. The van der Waals surface area contributed by atoms with Crippen LogP contribution in [0.3, 0.4) is 0 Å². The van der Waals surface area contributed by atoms with E-state index in [-0.39, 0.29) is 5.56 Å². The highest BCUT2D eigenvalue weighted by Gasteiger charge is 2.52. The van der Waals surface area contributed by atoms with E-state index in [1.54, 1.807) is 0 Å². The highest BCUT2D eigenvalue weighted by molar-refractivity contribution is 5.76. The first-order chi connectivity index (χ1) is 7.94. The summed E-state index contributed by atoms with van der Waals surface area (Å²) in [5.74, 6) is -1.54. The van der Waals surface area contributed by atoms with Gasteiger partial charge in [0, 0.05) is 0 Å². The monoisotopic (exact) mass is 248 g/mol. The maximum absolute atomic E-state index is 13.6. The molecule has 1 rings (SSSR count). The number of hydrogen-bond donors (Lipinski definition) is 1. The van der Waals surface area contributed by atoms with Crippen molar-refractivity contribution in [2.45, 2.75) is 18.2 Å². The van der Waals surface area contributed by atoms with E-state index in [1.807, 2.05) is 0 Å². The van der Waals surface area contributed by atoms with Crippen molar-refractivity contribution in [3.05, 3.63) is 35.9 Å². The number of ether oxygens (including phenoxy) is 1. The number of carbonyl (C=O) groups excluding carboxylic acids is 1. The number of methoxy groups -OCH3 is 1. The Morgan fingerprint density at radius 3 is 2.24 bits per heavy atom. The van der Waals surface area contributed by atoms with Crippen LogP contribution in [-0.4, -0.2) is 30.8 Å². The molecule has 0 saturated carbocycles. The summed E-state index contributed by atoms with van der Waals surface area (Å²) >= 11 is 0. The Bertz CT molecular complexity index is 383. The molecule has 0 amide bonds. The van der Waals surface area contributed by atoms with Gasteiger partial charge in [0.25, 0.3) is 6.43 Å². The van der Waals surface area contributed by atoms with Gasteiger partial charge in [0.15, 0.2) is 5.60 Å². The van der Waals surface area contributed by atoms with Gasteiger partial charge in [-0.15, -0.1) is 0 Å². The minimum atomic E-state index is -3.46. The van der Waals surface area contributed by atoms with E-state index in [1.165, 1.54) is 18.2 Å². The zero-order chi connectivity index (χ0) is 13.1. The van der Waals surface area contributed by atoms with Gasteiger partial charge in [-0.25, -0.2) is 18.0 Å². The molecule has 1 aromatic carbocycles. The van der Waals surface area contributed by atoms with E-state index < -0.39 is 24.2 Å². The Balaban J connectivity index is 3.19. The van der Waals surface area contributed by atoms with Crippen molar-refractivity contribution in [1.82, 2.24) is 0 Å². The first kappa shape index (κ1) is 13.5. The van der Waals surface area contributed by atoms with E-state index >= 15 is 0 Å². The first-order valence-corrected chi connectivity index (χ1v) is 4.72. The number of halogens is 3. The molecule has 2 atom stereocenters. The molecule has 0 fully saturated rings. The van der Waals surface area contributed by atoms with Crippen molar-refractivity contribution in [1.29, 1.82) is 0 Å². The molecular weight excluding hydrogens is 237 g/mol. The maximum atomic E-state index is 13.6. The van der Waals surface area contributed by atoms with Gasteiger partial charge >= 0.3 is 5.97 Å².